The fraction of sp³-hybridized carbons (Fsp3) is 0.125. The van der Waals surface area contributed by atoms with Crippen molar-refractivity contribution in [2.45, 2.75) is 12.5 Å². The highest BCUT2D eigenvalue weighted by Gasteiger charge is 2.21. The average Bonchev–Trinajstić information content (AvgIpc) is 2.45. The Morgan fingerprint density at radius 1 is 1.10 bits per heavy atom. The van der Waals surface area contributed by atoms with Gasteiger partial charge in [-0.1, -0.05) is 54.1 Å². The zero-order chi connectivity index (χ0) is 15.2. The quantitative estimate of drug-likeness (QED) is 0.892. The molecule has 0 unspecified atom stereocenters. The molecule has 1 atom stereocenters. The number of benzene rings is 2. The second kappa shape index (κ2) is 6.90. The van der Waals surface area contributed by atoms with Gasteiger partial charge in [-0.25, -0.2) is 4.79 Å². The molecule has 108 valence electrons. The Bertz CT molecular complexity index is 643. The fourth-order valence-electron chi connectivity index (χ4n) is 1.98. The van der Waals surface area contributed by atoms with Crippen molar-refractivity contribution >= 4 is 23.5 Å². The lowest BCUT2D eigenvalue weighted by atomic mass is 10.1. The van der Waals surface area contributed by atoms with E-state index in [2.05, 4.69) is 5.32 Å². The van der Waals surface area contributed by atoms with Gasteiger partial charge >= 0.3 is 5.97 Å². The van der Waals surface area contributed by atoms with E-state index in [0.717, 1.165) is 5.56 Å². The molecule has 0 aromatic heterocycles. The number of nitrogens with one attached hydrogen (secondary N) is 1. The van der Waals surface area contributed by atoms with Crippen LogP contribution in [0, 0.1) is 0 Å². The molecular formula is C16H14ClNO3. The minimum Gasteiger partial charge on any atom is -0.479 e. The van der Waals surface area contributed by atoms with Crippen molar-refractivity contribution in [3.8, 4) is 0 Å². The number of carbonyl (C=O) groups is 2. The van der Waals surface area contributed by atoms with Crippen molar-refractivity contribution in [1.29, 1.82) is 0 Å². The van der Waals surface area contributed by atoms with E-state index in [1.807, 2.05) is 0 Å². The third kappa shape index (κ3) is 4.33. The molecule has 0 heterocycles. The molecule has 0 aliphatic heterocycles. The van der Waals surface area contributed by atoms with E-state index in [9.17, 15) is 14.7 Å². The van der Waals surface area contributed by atoms with Crippen LogP contribution in [0.25, 0.3) is 0 Å². The van der Waals surface area contributed by atoms with Crippen molar-refractivity contribution in [3.05, 3.63) is 70.7 Å². The lowest BCUT2D eigenvalue weighted by molar-refractivity contribution is -0.141. The zero-order valence-corrected chi connectivity index (χ0v) is 11.9. The molecular weight excluding hydrogens is 290 g/mol. The van der Waals surface area contributed by atoms with Gasteiger partial charge in [0.25, 0.3) is 0 Å². The monoisotopic (exact) mass is 303 g/mol. The summed E-state index contributed by atoms with van der Waals surface area (Å²) in [5.74, 6) is -1.46. The summed E-state index contributed by atoms with van der Waals surface area (Å²) in [4.78, 5) is 23.3. The van der Waals surface area contributed by atoms with E-state index in [1.54, 1.807) is 54.6 Å². The van der Waals surface area contributed by atoms with E-state index in [1.165, 1.54) is 0 Å². The second-order valence-electron chi connectivity index (χ2n) is 4.56. The highest BCUT2D eigenvalue weighted by Crippen LogP contribution is 2.14. The number of carboxylic acids is 1. The first-order valence-electron chi connectivity index (χ1n) is 6.38. The van der Waals surface area contributed by atoms with E-state index in [4.69, 9.17) is 11.6 Å². The van der Waals surface area contributed by atoms with Crippen molar-refractivity contribution in [3.63, 3.8) is 0 Å². The minimum absolute atomic E-state index is 0.0805. The summed E-state index contributed by atoms with van der Waals surface area (Å²) < 4.78 is 0. The molecule has 2 N–H and O–H groups in total. The molecule has 0 saturated heterocycles. The van der Waals surface area contributed by atoms with Gasteiger partial charge in [0.05, 0.1) is 6.42 Å². The van der Waals surface area contributed by atoms with Crippen LogP contribution in [0.15, 0.2) is 54.6 Å². The number of aliphatic carboxylic acids is 1. The van der Waals surface area contributed by atoms with Gasteiger partial charge in [0.1, 0.15) is 0 Å². The summed E-state index contributed by atoms with van der Waals surface area (Å²) in [6, 6.07) is 14.4. The van der Waals surface area contributed by atoms with E-state index < -0.39 is 12.0 Å². The first-order chi connectivity index (χ1) is 10.1. The summed E-state index contributed by atoms with van der Waals surface area (Å²) >= 11 is 5.85. The highest BCUT2D eigenvalue weighted by molar-refractivity contribution is 6.30. The molecule has 21 heavy (non-hydrogen) atoms. The van der Waals surface area contributed by atoms with Gasteiger partial charge in [0, 0.05) is 5.02 Å². The molecule has 2 aromatic rings. The van der Waals surface area contributed by atoms with Crippen LogP contribution >= 0.6 is 11.6 Å². The number of carboxylic acid groups (broad SMARTS) is 1. The third-order valence-corrected chi connectivity index (χ3v) is 3.17. The van der Waals surface area contributed by atoms with Crippen molar-refractivity contribution in [2.24, 2.45) is 0 Å². The van der Waals surface area contributed by atoms with Crippen molar-refractivity contribution in [1.82, 2.24) is 5.32 Å². The Kier molecular flexibility index (Phi) is 4.95. The molecule has 2 rings (SSSR count). The Balaban J connectivity index is 2.07. The summed E-state index contributed by atoms with van der Waals surface area (Å²) in [6.07, 6.45) is 0.0805. The molecule has 0 radical (unpaired) electrons. The predicted octanol–water partition coefficient (Wildman–Crippen LogP) is 2.82. The van der Waals surface area contributed by atoms with Crippen LogP contribution in [0.3, 0.4) is 0 Å². The molecule has 2 aromatic carbocycles. The van der Waals surface area contributed by atoms with Gasteiger partial charge < -0.3 is 10.4 Å². The SMILES string of the molecule is O=C(Cc1cccc(Cl)c1)N[C@@H](C(=O)O)c1ccccc1. The van der Waals surface area contributed by atoms with Gasteiger partial charge in [-0.15, -0.1) is 0 Å². The highest BCUT2D eigenvalue weighted by atomic mass is 35.5. The number of hydrogen-bond acceptors (Lipinski definition) is 2. The normalized spacial score (nSPS) is 11.7. The number of amides is 1. The number of hydrogen-bond donors (Lipinski definition) is 2. The zero-order valence-electron chi connectivity index (χ0n) is 11.1. The molecule has 0 bridgehead atoms. The maximum Gasteiger partial charge on any atom is 0.330 e. The topological polar surface area (TPSA) is 66.4 Å². The van der Waals surface area contributed by atoms with E-state index >= 15 is 0 Å². The lowest BCUT2D eigenvalue weighted by Gasteiger charge is -2.15. The molecule has 0 aliphatic rings. The Hall–Kier alpha value is -2.33. The van der Waals surface area contributed by atoms with Gasteiger partial charge in [-0.2, -0.15) is 0 Å². The van der Waals surface area contributed by atoms with Crippen molar-refractivity contribution < 1.29 is 14.7 Å². The second-order valence-corrected chi connectivity index (χ2v) is 4.99. The first kappa shape index (κ1) is 15.1. The lowest BCUT2D eigenvalue weighted by Crippen LogP contribution is -2.34. The van der Waals surface area contributed by atoms with Crippen LogP contribution in [-0.2, 0) is 16.0 Å². The summed E-state index contributed by atoms with van der Waals surface area (Å²) in [7, 11) is 0. The van der Waals surface area contributed by atoms with E-state index in [-0.39, 0.29) is 12.3 Å². The summed E-state index contributed by atoms with van der Waals surface area (Å²) in [5.41, 5.74) is 1.27. The molecule has 0 aliphatic carbocycles. The van der Waals surface area contributed by atoms with Gasteiger partial charge in [0.15, 0.2) is 6.04 Å². The number of carbonyl (C=O) groups excluding carboxylic acids is 1. The van der Waals surface area contributed by atoms with Gasteiger partial charge in [0.2, 0.25) is 5.91 Å². The standard InChI is InChI=1S/C16H14ClNO3/c17-13-8-4-5-11(9-13)10-14(19)18-15(16(20)21)12-6-2-1-3-7-12/h1-9,15H,10H2,(H,18,19)(H,20,21)/t15-/m1/s1. The third-order valence-electron chi connectivity index (χ3n) is 2.94. The average molecular weight is 304 g/mol. The molecule has 4 nitrogen and oxygen atoms in total. The van der Waals surface area contributed by atoms with Crippen LogP contribution in [-0.4, -0.2) is 17.0 Å². The molecule has 0 saturated carbocycles. The van der Waals surface area contributed by atoms with E-state index in [0.29, 0.717) is 10.6 Å². The summed E-state index contributed by atoms with van der Waals surface area (Å²) in [5, 5.41) is 12.3. The van der Waals surface area contributed by atoms with Crippen LogP contribution < -0.4 is 5.32 Å². The van der Waals surface area contributed by atoms with Crippen molar-refractivity contribution in [2.75, 3.05) is 0 Å². The number of rotatable bonds is 5. The van der Waals surface area contributed by atoms with Gasteiger partial charge in [-0.3, -0.25) is 4.79 Å². The van der Waals surface area contributed by atoms with Crippen LogP contribution in [0.4, 0.5) is 0 Å². The van der Waals surface area contributed by atoms with Crippen LogP contribution in [0.5, 0.6) is 0 Å². The van der Waals surface area contributed by atoms with Gasteiger partial charge in [-0.05, 0) is 23.3 Å². The fourth-order valence-corrected chi connectivity index (χ4v) is 2.19. The Labute approximate surface area is 127 Å². The Morgan fingerprint density at radius 2 is 1.81 bits per heavy atom. The molecule has 5 heteroatoms. The predicted molar refractivity (Wildman–Crippen MR) is 80.1 cm³/mol. The number of halogens is 1. The van der Waals surface area contributed by atoms with Crippen LogP contribution in [0.1, 0.15) is 17.2 Å². The largest absolute Gasteiger partial charge is 0.479 e. The molecule has 0 fully saturated rings. The minimum atomic E-state index is -1.10. The summed E-state index contributed by atoms with van der Waals surface area (Å²) in [6.45, 7) is 0. The molecule has 0 spiro atoms. The molecule has 1 amide bonds. The maximum atomic E-state index is 12.0. The first-order valence-corrected chi connectivity index (χ1v) is 6.75. The smallest absolute Gasteiger partial charge is 0.330 e. The Morgan fingerprint density at radius 3 is 2.43 bits per heavy atom. The van der Waals surface area contributed by atoms with Crippen LogP contribution in [0.2, 0.25) is 5.02 Å². The maximum absolute atomic E-state index is 12.0.